The van der Waals surface area contributed by atoms with Crippen LogP contribution in [0.1, 0.15) is 30.1 Å². The molecule has 0 aliphatic carbocycles. The zero-order chi connectivity index (χ0) is 25.7. The number of sulfonamides is 1. The summed E-state index contributed by atoms with van der Waals surface area (Å²) in [6.07, 6.45) is -0.0917. The van der Waals surface area contributed by atoms with Gasteiger partial charge in [-0.25, -0.2) is 17.2 Å². The van der Waals surface area contributed by atoms with Crippen molar-refractivity contribution in [3.63, 3.8) is 0 Å². The van der Waals surface area contributed by atoms with Crippen molar-refractivity contribution >= 4 is 15.7 Å². The Kier molecular flexibility index (Phi) is 7.90. The topological polar surface area (TPSA) is 68.2 Å². The van der Waals surface area contributed by atoms with Crippen molar-refractivity contribution in [1.82, 2.24) is 4.31 Å². The molecule has 0 unspecified atom stereocenters. The van der Waals surface area contributed by atoms with Crippen LogP contribution >= 0.6 is 0 Å². The molecule has 36 heavy (non-hydrogen) atoms. The van der Waals surface area contributed by atoms with E-state index in [1.165, 1.54) is 52.8 Å². The van der Waals surface area contributed by atoms with E-state index in [0.29, 0.717) is 29.7 Å². The number of hydrogen-bond donors (Lipinski definition) is 0. The fourth-order valence-corrected chi connectivity index (χ4v) is 5.18. The molecule has 0 spiro atoms. The monoisotopic (exact) mass is 522 g/mol. The third-order valence-corrected chi connectivity index (χ3v) is 7.53. The molecule has 3 aromatic rings. The zero-order valence-electron chi connectivity index (χ0n) is 18.9. The van der Waals surface area contributed by atoms with Crippen molar-refractivity contribution < 1.29 is 35.6 Å². The summed E-state index contributed by atoms with van der Waals surface area (Å²) in [4.78, 5) is 5.75. The molecule has 1 aliphatic heterocycles. The summed E-state index contributed by atoms with van der Waals surface area (Å²) >= 11 is 0. The summed E-state index contributed by atoms with van der Waals surface area (Å²) in [5.41, 5.74) is 1.87. The van der Waals surface area contributed by atoms with Crippen molar-refractivity contribution in [2.45, 2.75) is 30.5 Å². The second kappa shape index (κ2) is 11.1. The highest BCUT2D eigenvalue weighted by Gasteiger charge is 2.28. The zero-order valence-corrected chi connectivity index (χ0v) is 19.7. The molecule has 0 bridgehead atoms. The van der Waals surface area contributed by atoms with E-state index >= 15 is 0 Å². The van der Waals surface area contributed by atoms with E-state index in [1.807, 2.05) is 0 Å². The summed E-state index contributed by atoms with van der Waals surface area (Å²) in [5.74, 6) is -0.952. The maximum absolute atomic E-state index is 13.4. The lowest BCUT2D eigenvalue weighted by Gasteiger charge is -2.27. The number of alkyl halides is 2. The van der Waals surface area contributed by atoms with Gasteiger partial charge >= 0.3 is 6.61 Å². The van der Waals surface area contributed by atoms with Crippen LogP contribution in [0.4, 0.5) is 17.6 Å². The smallest absolute Gasteiger partial charge is 0.387 e. The van der Waals surface area contributed by atoms with E-state index in [1.54, 1.807) is 24.3 Å². The van der Waals surface area contributed by atoms with E-state index in [0.717, 1.165) is 0 Å². The highest BCUT2D eigenvalue weighted by atomic mass is 32.2. The minimum Gasteiger partial charge on any atom is -0.435 e. The van der Waals surface area contributed by atoms with Gasteiger partial charge in [0.05, 0.1) is 10.6 Å². The molecule has 4 rings (SSSR count). The van der Waals surface area contributed by atoms with Gasteiger partial charge in [-0.3, -0.25) is 0 Å². The molecular formula is C25H22F4N2O4S. The quantitative estimate of drug-likeness (QED) is 0.289. The fraction of sp³-hybridized carbons (Fsp3) is 0.240. The number of benzene rings is 3. The molecule has 1 fully saturated rings. The largest absolute Gasteiger partial charge is 0.435 e. The standard InChI is InChI=1S/C25H22F4N2O4S/c26-19-5-1-17(2-6-19)24(18-3-7-20(27)8-4-18)35-30-21-13-15-31(16-14-21)36(32,33)23-11-9-22(10-12-23)34-25(28)29/h1-12,24-25H,13-16H2. The predicted octanol–water partition coefficient (Wildman–Crippen LogP) is 5.51. The van der Waals surface area contributed by atoms with Crippen LogP contribution in [0, 0.1) is 11.6 Å². The van der Waals surface area contributed by atoms with Gasteiger partial charge in [0, 0.05) is 25.9 Å². The molecule has 0 atom stereocenters. The Morgan fingerprint density at radius 1 is 0.778 bits per heavy atom. The van der Waals surface area contributed by atoms with Gasteiger partial charge in [0.1, 0.15) is 17.4 Å². The van der Waals surface area contributed by atoms with Gasteiger partial charge in [-0.2, -0.15) is 13.1 Å². The Hall–Kier alpha value is -3.44. The van der Waals surface area contributed by atoms with Crippen molar-refractivity contribution in [2.75, 3.05) is 13.1 Å². The van der Waals surface area contributed by atoms with E-state index < -0.39 is 34.4 Å². The summed E-state index contributed by atoms with van der Waals surface area (Å²) < 4.78 is 82.8. The minimum absolute atomic E-state index is 0.0339. The van der Waals surface area contributed by atoms with Crippen LogP contribution in [0.15, 0.2) is 82.8 Å². The number of piperidine rings is 1. The number of hydrogen-bond acceptors (Lipinski definition) is 5. The van der Waals surface area contributed by atoms with Gasteiger partial charge in [-0.05, 0) is 59.7 Å². The first-order valence-electron chi connectivity index (χ1n) is 11.0. The summed E-state index contributed by atoms with van der Waals surface area (Å²) in [6.45, 7) is -2.70. The number of nitrogens with zero attached hydrogens (tertiary/aromatic N) is 2. The molecule has 0 aromatic heterocycles. The molecule has 0 amide bonds. The first-order chi connectivity index (χ1) is 17.2. The second-order valence-corrected chi connectivity index (χ2v) is 9.94. The van der Waals surface area contributed by atoms with E-state index in [-0.39, 0.29) is 23.7 Å². The fourth-order valence-electron chi connectivity index (χ4n) is 3.73. The summed E-state index contributed by atoms with van der Waals surface area (Å²) in [6, 6.07) is 16.2. The third-order valence-electron chi connectivity index (χ3n) is 5.62. The lowest BCUT2D eigenvalue weighted by Crippen LogP contribution is -2.38. The molecule has 0 saturated carbocycles. The SMILES string of the molecule is O=S(=O)(c1ccc(OC(F)F)cc1)N1CCC(=NOC(c2ccc(F)cc2)c2ccc(F)cc2)CC1. The van der Waals surface area contributed by atoms with Crippen LogP contribution < -0.4 is 4.74 Å². The van der Waals surface area contributed by atoms with E-state index in [2.05, 4.69) is 9.89 Å². The predicted molar refractivity (Wildman–Crippen MR) is 124 cm³/mol. The molecule has 0 radical (unpaired) electrons. The molecule has 0 N–H and O–H groups in total. The Morgan fingerprint density at radius 2 is 1.28 bits per heavy atom. The highest BCUT2D eigenvalue weighted by molar-refractivity contribution is 7.89. The lowest BCUT2D eigenvalue weighted by atomic mass is 10.0. The molecule has 1 aliphatic rings. The molecular weight excluding hydrogens is 500 g/mol. The van der Waals surface area contributed by atoms with E-state index in [9.17, 15) is 26.0 Å². The van der Waals surface area contributed by atoms with Gasteiger partial charge in [-0.15, -0.1) is 0 Å². The van der Waals surface area contributed by atoms with Crippen LogP contribution in [-0.2, 0) is 14.9 Å². The molecule has 190 valence electrons. The first-order valence-corrected chi connectivity index (χ1v) is 12.4. The Morgan fingerprint density at radius 3 is 1.75 bits per heavy atom. The van der Waals surface area contributed by atoms with Gasteiger partial charge in [0.15, 0.2) is 6.10 Å². The molecule has 3 aromatic carbocycles. The highest BCUT2D eigenvalue weighted by Crippen LogP contribution is 2.28. The van der Waals surface area contributed by atoms with Gasteiger partial charge in [-0.1, -0.05) is 29.4 Å². The molecule has 11 heteroatoms. The van der Waals surface area contributed by atoms with Crippen molar-refractivity contribution in [2.24, 2.45) is 5.16 Å². The summed E-state index contributed by atoms with van der Waals surface area (Å²) in [5, 5.41) is 4.23. The molecule has 1 heterocycles. The maximum atomic E-state index is 13.4. The van der Waals surface area contributed by atoms with E-state index in [4.69, 9.17) is 4.84 Å². The van der Waals surface area contributed by atoms with Gasteiger partial charge < -0.3 is 9.57 Å². The van der Waals surface area contributed by atoms with Crippen LogP contribution in [0.25, 0.3) is 0 Å². The van der Waals surface area contributed by atoms with Crippen LogP contribution in [-0.4, -0.2) is 38.1 Å². The number of halogens is 4. The van der Waals surface area contributed by atoms with Gasteiger partial charge in [0.25, 0.3) is 0 Å². The average Bonchev–Trinajstić information content (AvgIpc) is 2.86. The maximum Gasteiger partial charge on any atom is 0.387 e. The Labute approximate surface area is 205 Å². The first kappa shape index (κ1) is 25.6. The van der Waals surface area contributed by atoms with Crippen LogP contribution in [0.5, 0.6) is 5.75 Å². The number of rotatable bonds is 8. The van der Waals surface area contributed by atoms with Crippen molar-refractivity contribution in [3.8, 4) is 5.75 Å². The van der Waals surface area contributed by atoms with Crippen molar-refractivity contribution in [3.05, 3.63) is 95.6 Å². The second-order valence-electron chi connectivity index (χ2n) is 8.00. The molecule has 6 nitrogen and oxygen atoms in total. The third kappa shape index (κ3) is 6.21. The Bertz CT molecular complexity index is 1240. The van der Waals surface area contributed by atoms with Gasteiger partial charge in [0.2, 0.25) is 10.0 Å². The normalized spacial score (nSPS) is 14.8. The molecule has 1 saturated heterocycles. The van der Waals surface area contributed by atoms with Crippen molar-refractivity contribution in [1.29, 1.82) is 0 Å². The van der Waals surface area contributed by atoms with Crippen LogP contribution in [0.2, 0.25) is 0 Å². The number of oxime groups is 1. The van der Waals surface area contributed by atoms with Crippen LogP contribution in [0.3, 0.4) is 0 Å². The lowest BCUT2D eigenvalue weighted by molar-refractivity contribution is -0.0498. The number of ether oxygens (including phenoxy) is 1. The average molecular weight is 523 g/mol. The Balaban J connectivity index is 1.44. The summed E-state index contributed by atoms with van der Waals surface area (Å²) in [7, 11) is -3.83. The minimum atomic E-state index is -3.83.